The molecule has 0 aromatic heterocycles. The Morgan fingerprint density at radius 3 is 2.25 bits per heavy atom. The minimum Gasteiger partial charge on any atom is -0.465 e. The van der Waals surface area contributed by atoms with Gasteiger partial charge in [0.15, 0.2) is 0 Å². The first-order valence-electron chi connectivity index (χ1n) is 10.8. The highest BCUT2D eigenvalue weighted by Gasteiger charge is 2.29. The van der Waals surface area contributed by atoms with Crippen molar-refractivity contribution in [3.63, 3.8) is 0 Å². The van der Waals surface area contributed by atoms with E-state index in [1.807, 2.05) is 12.1 Å². The highest BCUT2D eigenvalue weighted by molar-refractivity contribution is 6.33. The summed E-state index contributed by atoms with van der Waals surface area (Å²) in [5.41, 5.74) is 0.528. The maximum Gasteiger partial charge on any atom is 0.309 e. The highest BCUT2D eigenvalue weighted by Crippen LogP contribution is 2.23. The van der Waals surface area contributed by atoms with Crippen LogP contribution in [0.25, 0.3) is 0 Å². The van der Waals surface area contributed by atoms with Gasteiger partial charge in [-0.3, -0.25) is 9.59 Å². The normalized spacial score (nSPS) is 14.9. The summed E-state index contributed by atoms with van der Waals surface area (Å²) in [5.74, 6) is -0.256. The molecule has 1 aromatic carbocycles. The number of hydrogen-bond donors (Lipinski definition) is 0. The van der Waals surface area contributed by atoms with Crippen LogP contribution in [0.15, 0.2) is 24.3 Å². The number of likely N-dealkylation sites (tertiary alicyclic amines) is 1. The fourth-order valence-electron chi connectivity index (χ4n) is 3.65. The van der Waals surface area contributed by atoms with Crippen LogP contribution in [0.4, 0.5) is 0 Å². The number of carbonyl (C=O) groups is 2. The molecule has 0 aliphatic carbocycles. The largest absolute Gasteiger partial charge is 0.465 e. The molecular formula is C23H34ClNO3. The second-order valence-corrected chi connectivity index (χ2v) is 8.10. The van der Waals surface area contributed by atoms with Gasteiger partial charge in [-0.1, -0.05) is 75.6 Å². The lowest BCUT2D eigenvalue weighted by molar-refractivity contribution is -0.150. The Bertz CT molecular complexity index is 612. The molecule has 5 heteroatoms. The van der Waals surface area contributed by atoms with E-state index < -0.39 is 0 Å². The maximum absolute atomic E-state index is 12.6. The van der Waals surface area contributed by atoms with E-state index in [0.29, 0.717) is 43.1 Å². The second-order valence-electron chi connectivity index (χ2n) is 7.69. The Morgan fingerprint density at radius 2 is 1.61 bits per heavy atom. The van der Waals surface area contributed by atoms with Crippen LogP contribution in [0.3, 0.4) is 0 Å². The summed E-state index contributed by atoms with van der Waals surface area (Å²) >= 11 is 6.12. The number of amides is 1. The number of piperidine rings is 1. The fourth-order valence-corrected chi connectivity index (χ4v) is 3.87. The number of halogens is 1. The van der Waals surface area contributed by atoms with E-state index in [9.17, 15) is 9.59 Å². The zero-order chi connectivity index (χ0) is 20.2. The number of benzene rings is 1. The Kier molecular flexibility index (Phi) is 10.4. The Balaban J connectivity index is 1.59. The van der Waals surface area contributed by atoms with Crippen molar-refractivity contribution in [1.82, 2.24) is 4.90 Å². The summed E-state index contributed by atoms with van der Waals surface area (Å²) in [4.78, 5) is 26.6. The maximum atomic E-state index is 12.6. The molecule has 1 aliphatic rings. The molecule has 0 bridgehead atoms. The zero-order valence-electron chi connectivity index (χ0n) is 17.1. The molecule has 28 heavy (non-hydrogen) atoms. The first kappa shape index (κ1) is 22.7. The Morgan fingerprint density at radius 1 is 1.00 bits per heavy atom. The fraction of sp³-hybridized carbons (Fsp3) is 0.652. The van der Waals surface area contributed by atoms with Gasteiger partial charge in [-0.15, -0.1) is 0 Å². The van der Waals surface area contributed by atoms with Crippen molar-refractivity contribution in [2.24, 2.45) is 5.92 Å². The van der Waals surface area contributed by atoms with Crippen LogP contribution in [0.2, 0.25) is 5.02 Å². The van der Waals surface area contributed by atoms with E-state index in [0.717, 1.165) is 12.8 Å². The minimum absolute atomic E-state index is 0.0589. The summed E-state index contributed by atoms with van der Waals surface area (Å²) < 4.78 is 5.46. The number of carbonyl (C=O) groups excluding carboxylic acids is 2. The average molecular weight is 408 g/mol. The van der Waals surface area contributed by atoms with Gasteiger partial charge in [-0.05, 0) is 31.4 Å². The monoisotopic (exact) mass is 407 g/mol. The summed E-state index contributed by atoms with van der Waals surface area (Å²) in [6.45, 7) is 3.89. The molecule has 0 saturated carbocycles. The zero-order valence-corrected chi connectivity index (χ0v) is 17.9. The van der Waals surface area contributed by atoms with Gasteiger partial charge in [0.25, 0.3) is 5.91 Å². The molecule has 1 amide bonds. The molecule has 1 aromatic rings. The first-order valence-corrected chi connectivity index (χ1v) is 11.2. The molecule has 0 atom stereocenters. The van der Waals surface area contributed by atoms with Gasteiger partial charge in [0.05, 0.1) is 23.1 Å². The predicted octanol–water partition coefficient (Wildman–Crippen LogP) is 5.88. The molecular weight excluding hydrogens is 374 g/mol. The smallest absolute Gasteiger partial charge is 0.309 e. The molecule has 156 valence electrons. The molecule has 0 radical (unpaired) electrons. The average Bonchev–Trinajstić information content (AvgIpc) is 2.72. The molecule has 0 N–H and O–H groups in total. The SMILES string of the molecule is CCCCCCCCCCOC(=O)C1CCN(C(=O)c2ccccc2Cl)CC1. The number of unbranched alkanes of at least 4 members (excludes halogenated alkanes) is 7. The number of rotatable bonds is 11. The van der Waals surface area contributed by atoms with Crippen molar-refractivity contribution in [3.05, 3.63) is 34.9 Å². The Hall–Kier alpha value is -1.55. The van der Waals surface area contributed by atoms with Crippen molar-refractivity contribution < 1.29 is 14.3 Å². The summed E-state index contributed by atoms with van der Waals surface area (Å²) in [6, 6.07) is 7.10. The summed E-state index contributed by atoms with van der Waals surface area (Å²) in [6.07, 6.45) is 11.2. The summed E-state index contributed by atoms with van der Waals surface area (Å²) in [5, 5.41) is 0.472. The van der Waals surface area contributed by atoms with Crippen LogP contribution in [0.1, 0.15) is 81.5 Å². The molecule has 1 heterocycles. The topological polar surface area (TPSA) is 46.6 Å². The lowest BCUT2D eigenvalue weighted by Gasteiger charge is -2.31. The van der Waals surface area contributed by atoms with E-state index >= 15 is 0 Å². The number of esters is 1. The summed E-state index contributed by atoms with van der Waals surface area (Å²) in [7, 11) is 0. The first-order chi connectivity index (χ1) is 13.6. The second kappa shape index (κ2) is 12.8. The quantitative estimate of drug-likeness (QED) is 0.340. The van der Waals surface area contributed by atoms with Crippen LogP contribution < -0.4 is 0 Å². The molecule has 1 saturated heterocycles. The van der Waals surface area contributed by atoms with Crippen molar-refractivity contribution in [3.8, 4) is 0 Å². The van der Waals surface area contributed by atoms with Gasteiger partial charge in [0.2, 0.25) is 0 Å². The number of ether oxygens (including phenoxy) is 1. The lowest BCUT2D eigenvalue weighted by Crippen LogP contribution is -2.40. The highest BCUT2D eigenvalue weighted by atomic mass is 35.5. The third kappa shape index (κ3) is 7.46. The van der Waals surface area contributed by atoms with Crippen LogP contribution >= 0.6 is 11.6 Å². The van der Waals surface area contributed by atoms with E-state index in [-0.39, 0.29) is 17.8 Å². The van der Waals surface area contributed by atoms with Gasteiger partial charge >= 0.3 is 5.97 Å². The Labute approximate surface area is 174 Å². The van der Waals surface area contributed by atoms with Gasteiger partial charge in [-0.2, -0.15) is 0 Å². The van der Waals surface area contributed by atoms with Crippen LogP contribution in [0, 0.1) is 5.92 Å². The standard InChI is InChI=1S/C23H34ClNO3/c1-2-3-4-5-6-7-8-11-18-28-23(27)19-14-16-25(17-15-19)22(26)20-12-9-10-13-21(20)24/h9-10,12-13,19H,2-8,11,14-18H2,1H3. The molecule has 1 aliphatic heterocycles. The van der Waals surface area contributed by atoms with Gasteiger partial charge < -0.3 is 9.64 Å². The molecule has 2 rings (SSSR count). The van der Waals surface area contributed by atoms with Crippen molar-refractivity contribution >= 4 is 23.5 Å². The predicted molar refractivity (Wildman–Crippen MR) is 114 cm³/mol. The van der Waals surface area contributed by atoms with Crippen LogP contribution in [0.5, 0.6) is 0 Å². The van der Waals surface area contributed by atoms with E-state index in [1.54, 1.807) is 17.0 Å². The van der Waals surface area contributed by atoms with Crippen LogP contribution in [-0.4, -0.2) is 36.5 Å². The lowest BCUT2D eigenvalue weighted by atomic mass is 9.96. The molecule has 0 unspecified atom stereocenters. The van der Waals surface area contributed by atoms with E-state index in [4.69, 9.17) is 16.3 Å². The van der Waals surface area contributed by atoms with Gasteiger partial charge in [0, 0.05) is 13.1 Å². The van der Waals surface area contributed by atoms with Crippen molar-refractivity contribution in [2.75, 3.05) is 19.7 Å². The minimum atomic E-state index is -0.104. The van der Waals surface area contributed by atoms with Crippen LogP contribution in [-0.2, 0) is 9.53 Å². The van der Waals surface area contributed by atoms with Gasteiger partial charge in [0.1, 0.15) is 0 Å². The number of hydrogen-bond acceptors (Lipinski definition) is 3. The molecule has 4 nitrogen and oxygen atoms in total. The van der Waals surface area contributed by atoms with Gasteiger partial charge in [-0.25, -0.2) is 0 Å². The van der Waals surface area contributed by atoms with Crippen molar-refractivity contribution in [2.45, 2.75) is 71.1 Å². The number of nitrogens with zero attached hydrogens (tertiary/aromatic N) is 1. The van der Waals surface area contributed by atoms with E-state index in [2.05, 4.69) is 6.92 Å². The third-order valence-electron chi connectivity index (χ3n) is 5.46. The molecule has 0 spiro atoms. The third-order valence-corrected chi connectivity index (χ3v) is 5.79. The molecule has 1 fully saturated rings. The van der Waals surface area contributed by atoms with E-state index in [1.165, 1.54) is 38.5 Å². The van der Waals surface area contributed by atoms with Crippen molar-refractivity contribution in [1.29, 1.82) is 0 Å².